The van der Waals surface area contributed by atoms with Gasteiger partial charge < -0.3 is 14.4 Å². The topological polar surface area (TPSA) is 77.1 Å². The van der Waals surface area contributed by atoms with Crippen molar-refractivity contribution >= 4 is 11.8 Å². The molecule has 48 heavy (non-hydrogen) atoms. The number of amides is 2. The fourth-order valence-corrected chi connectivity index (χ4v) is 5.21. The zero-order valence-electron chi connectivity index (χ0n) is 27.7. The third kappa shape index (κ3) is 9.33. The van der Waals surface area contributed by atoms with E-state index in [-0.39, 0.29) is 24.3 Å². The summed E-state index contributed by atoms with van der Waals surface area (Å²) in [6.45, 7) is 7.96. The number of rotatable bonds is 15. The van der Waals surface area contributed by atoms with Gasteiger partial charge in [-0.25, -0.2) is 5.48 Å². The molecule has 1 N–H and O–H groups in total. The largest absolute Gasteiger partial charge is 0.488 e. The summed E-state index contributed by atoms with van der Waals surface area (Å²) in [6, 6.07) is 40.5. The first-order valence-corrected chi connectivity index (χ1v) is 16.3. The molecule has 7 nitrogen and oxygen atoms in total. The molecule has 0 unspecified atom stereocenters. The van der Waals surface area contributed by atoms with E-state index in [0.717, 1.165) is 27.8 Å². The smallest absolute Gasteiger partial charge is 0.274 e. The van der Waals surface area contributed by atoms with Gasteiger partial charge in [0, 0.05) is 24.7 Å². The van der Waals surface area contributed by atoms with Crippen LogP contribution in [0.4, 0.5) is 0 Å². The fraction of sp³-hybridized carbons (Fsp3) is 0.220. The lowest BCUT2D eigenvalue weighted by Gasteiger charge is -2.24. The van der Waals surface area contributed by atoms with E-state index in [1.165, 1.54) is 0 Å². The molecule has 0 saturated carbocycles. The Morgan fingerprint density at radius 1 is 0.646 bits per heavy atom. The molecule has 0 fully saturated rings. The number of benzene rings is 5. The van der Waals surface area contributed by atoms with Gasteiger partial charge in [0.15, 0.2) is 0 Å². The van der Waals surface area contributed by atoms with Crippen molar-refractivity contribution in [2.24, 2.45) is 0 Å². The number of hydrogen-bond donors (Lipinski definition) is 1. The summed E-state index contributed by atoms with van der Waals surface area (Å²) in [7, 11) is 0. The predicted molar refractivity (Wildman–Crippen MR) is 188 cm³/mol. The van der Waals surface area contributed by atoms with Crippen molar-refractivity contribution in [3.05, 3.63) is 166 Å². The van der Waals surface area contributed by atoms with Gasteiger partial charge in [-0.05, 0) is 58.9 Å². The van der Waals surface area contributed by atoms with Crippen LogP contribution in [0.15, 0.2) is 127 Å². The maximum Gasteiger partial charge on any atom is 0.274 e. The third-order valence-corrected chi connectivity index (χ3v) is 7.94. The van der Waals surface area contributed by atoms with E-state index < -0.39 is 0 Å². The van der Waals surface area contributed by atoms with Crippen molar-refractivity contribution in [1.29, 1.82) is 0 Å². The van der Waals surface area contributed by atoms with Crippen molar-refractivity contribution < 1.29 is 23.9 Å². The van der Waals surface area contributed by atoms with Crippen LogP contribution in [0, 0.1) is 0 Å². The molecule has 2 amide bonds. The van der Waals surface area contributed by atoms with Crippen molar-refractivity contribution in [3.8, 4) is 11.5 Å². The van der Waals surface area contributed by atoms with E-state index in [1.54, 1.807) is 17.0 Å². The van der Waals surface area contributed by atoms with E-state index in [1.807, 2.05) is 122 Å². The first-order valence-electron chi connectivity index (χ1n) is 16.3. The molecule has 5 rings (SSSR count). The lowest BCUT2D eigenvalue weighted by molar-refractivity contribution is 0.0233. The Bertz CT molecular complexity index is 1760. The standard InChI is InChI=1S/C41H42N2O5/c1-4-43(26-31-20-22-35(23-21-31)40(44)42-48-29-34-18-12-7-13-19-34)41(45)37-24-36(30(2)3)38(46-27-32-14-8-5-9-15-32)25-39(37)47-28-33-16-10-6-11-17-33/h5-25,30H,4,26-29H2,1-3H3,(H,42,44). The van der Waals surface area contributed by atoms with Crippen LogP contribution in [0.25, 0.3) is 0 Å². The molecule has 0 radical (unpaired) electrons. The molecule has 0 aliphatic carbocycles. The molecule has 0 heterocycles. The lowest BCUT2D eigenvalue weighted by atomic mass is 9.98. The summed E-state index contributed by atoms with van der Waals surface area (Å²) in [4.78, 5) is 34.0. The number of hydroxylamine groups is 1. The van der Waals surface area contributed by atoms with Gasteiger partial charge in [0.05, 0.1) is 12.2 Å². The first kappa shape index (κ1) is 33.9. The van der Waals surface area contributed by atoms with E-state index in [9.17, 15) is 9.59 Å². The number of nitrogens with one attached hydrogen (secondary N) is 1. The van der Waals surface area contributed by atoms with E-state index in [4.69, 9.17) is 14.3 Å². The molecule has 5 aromatic carbocycles. The summed E-state index contributed by atoms with van der Waals surface area (Å²) in [6.07, 6.45) is 0. The molecule has 7 heteroatoms. The average molecular weight is 643 g/mol. The molecule has 0 aliphatic heterocycles. The van der Waals surface area contributed by atoms with Crippen LogP contribution in [-0.2, 0) is 31.2 Å². The Morgan fingerprint density at radius 3 is 1.69 bits per heavy atom. The van der Waals surface area contributed by atoms with Crippen LogP contribution < -0.4 is 15.0 Å². The van der Waals surface area contributed by atoms with E-state index in [0.29, 0.717) is 48.9 Å². The van der Waals surface area contributed by atoms with Gasteiger partial charge in [0.25, 0.3) is 11.8 Å². The highest BCUT2D eigenvalue weighted by atomic mass is 16.6. The normalized spacial score (nSPS) is 10.8. The molecular formula is C41H42N2O5. The minimum atomic E-state index is -0.336. The zero-order chi connectivity index (χ0) is 33.7. The Labute approximate surface area is 283 Å². The molecule has 0 aliphatic rings. The third-order valence-electron chi connectivity index (χ3n) is 7.94. The summed E-state index contributed by atoms with van der Waals surface area (Å²) in [5.41, 5.74) is 8.28. The van der Waals surface area contributed by atoms with Gasteiger partial charge in [-0.1, -0.05) is 117 Å². The van der Waals surface area contributed by atoms with Crippen molar-refractivity contribution in [1.82, 2.24) is 10.4 Å². The first-order chi connectivity index (χ1) is 23.4. The Kier molecular flexibility index (Phi) is 12.0. The van der Waals surface area contributed by atoms with Gasteiger partial charge in [-0.2, -0.15) is 0 Å². The molecule has 0 saturated heterocycles. The second-order valence-corrected chi connectivity index (χ2v) is 11.8. The summed E-state index contributed by atoms with van der Waals surface area (Å²) in [5.74, 6) is 0.788. The molecule has 5 aromatic rings. The van der Waals surface area contributed by atoms with Gasteiger partial charge in [-0.15, -0.1) is 0 Å². The minimum Gasteiger partial charge on any atom is -0.488 e. The van der Waals surface area contributed by atoms with Crippen LogP contribution in [0.3, 0.4) is 0 Å². The van der Waals surface area contributed by atoms with Gasteiger partial charge in [0.1, 0.15) is 24.7 Å². The number of ether oxygens (including phenoxy) is 2. The molecule has 0 aromatic heterocycles. The van der Waals surface area contributed by atoms with Crippen LogP contribution in [0.1, 0.15) is 75.2 Å². The van der Waals surface area contributed by atoms with Crippen molar-refractivity contribution in [2.75, 3.05) is 6.54 Å². The number of nitrogens with zero attached hydrogens (tertiary/aromatic N) is 1. The number of hydrogen-bond acceptors (Lipinski definition) is 5. The molecule has 246 valence electrons. The second kappa shape index (κ2) is 17.0. The lowest BCUT2D eigenvalue weighted by Crippen LogP contribution is -2.31. The SMILES string of the molecule is CCN(Cc1ccc(C(=O)NOCc2ccccc2)cc1)C(=O)c1cc(C(C)C)c(OCc2ccccc2)cc1OCc1ccccc1. The summed E-state index contributed by atoms with van der Waals surface area (Å²) < 4.78 is 12.7. The summed E-state index contributed by atoms with van der Waals surface area (Å²) >= 11 is 0. The molecule has 0 spiro atoms. The maximum atomic E-state index is 14.2. The minimum absolute atomic E-state index is 0.107. The van der Waals surface area contributed by atoms with Crippen molar-refractivity contribution in [3.63, 3.8) is 0 Å². The van der Waals surface area contributed by atoms with Crippen molar-refractivity contribution in [2.45, 2.75) is 53.1 Å². The number of carbonyl (C=O) groups excluding carboxylic acids is 2. The Morgan fingerprint density at radius 2 is 1.17 bits per heavy atom. The fourth-order valence-electron chi connectivity index (χ4n) is 5.21. The van der Waals surface area contributed by atoms with Crippen LogP contribution in [-0.4, -0.2) is 23.3 Å². The predicted octanol–water partition coefficient (Wildman–Crippen LogP) is 8.49. The highest BCUT2D eigenvalue weighted by molar-refractivity contribution is 5.97. The monoisotopic (exact) mass is 642 g/mol. The maximum absolute atomic E-state index is 14.2. The van der Waals surface area contributed by atoms with Crippen LogP contribution >= 0.6 is 0 Å². The Hall–Kier alpha value is -5.40. The van der Waals surface area contributed by atoms with E-state index >= 15 is 0 Å². The van der Waals surface area contributed by atoms with E-state index in [2.05, 4.69) is 19.3 Å². The quantitative estimate of drug-likeness (QED) is 0.116. The zero-order valence-corrected chi connectivity index (χ0v) is 27.7. The van der Waals surface area contributed by atoms with Gasteiger partial charge in [0.2, 0.25) is 0 Å². The Balaban J connectivity index is 1.33. The second-order valence-electron chi connectivity index (χ2n) is 11.8. The average Bonchev–Trinajstić information content (AvgIpc) is 3.13. The van der Waals surface area contributed by atoms with Crippen LogP contribution in [0.2, 0.25) is 0 Å². The molecule has 0 bridgehead atoms. The highest BCUT2D eigenvalue weighted by Crippen LogP contribution is 2.36. The van der Waals surface area contributed by atoms with Gasteiger partial charge in [-0.3, -0.25) is 14.4 Å². The number of carbonyl (C=O) groups is 2. The molecule has 0 atom stereocenters. The summed E-state index contributed by atoms with van der Waals surface area (Å²) in [5, 5.41) is 0. The van der Waals surface area contributed by atoms with Crippen LogP contribution in [0.5, 0.6) is 11.5 Å². The van der Waals surface area contributed by atoms with Gasteiger partial charge >= 0.3 is 0 Å². The highest BCUT2D eigenvalue weighted by Gasteiger charge is 2.24. The molecular weight excluding hydrogens is 600 g/mol.